The summed E-state index contributed by atoms with van der Waals surface area (Å²) in [6, 6.07) is 0. The van der Waals surface area contributed by atoms with Crippen molar-refractivity contribution in [3.05, 3.63) is 11.1 Å². The Labute approximate surface area is 83.1 Å². The molecule has 0 aliphatic heterocycles. The first-order chi connectivity index (χ1) is 4.88. The fourth-order valence-corrected chi connectivity index (χ4v) is 2.24. The van der Waals surface area contributed by atoms with Crippen LogP contribution in [0.15, 0.2) is 11.1 Å². The summed E-state index contributed by atoms with van der Waals surface area (Å²) in [6.07, 6.45) is 5.11. The van der Waals surface area contributed by atoms with Gasteiger partial charge in [0.15, 0.2) is 0 Å². The second-order valence-electron chi connectivity index (χ2n) is 2.37. The molecule has 0 radical (unpaired) electrons. The van der Waals surface area contributed by atoms with Gasteiger partial charge >= 0.3 is 83.5 Å². The molecule has 10 heavy (non-hydrogen) atoms. The van der Waals surface area contributed by atoms with Crippen LogP contribution in [0, 0.1) is 8.40 Å². The molecule has 0 bridgehead atoms. The Morgan fingerprint density at radius 2 is 1.30 bits per heavy atom. The van der Waals surface area contributed by atoms with Crippen molar-refractivity contribution in [3.63, 3.8) is 0 Å². The van der Waals surface area contributed by atoms with Gasteiger partial charge in [-0.1, -0.05) is 0 Å². The first-order valence-electron chi connectivity index (χ1n) is 3.37. The zero-order chi connectivity index (χ0) is 7.40. The van der Waals surface area contributed by atoms with Crippen molar-refractivity contribution in [2.24, 2.45) is 0 Å². The number of hydrogen-bond donors (Lipinski definition) is 0. The number of allylic oxidation sites excluding steroid dienone is 2. The van der Waals surface area contributed by atoms with E-state index in [9.17, 15) is 0 Å². The maximum atomic E-state index is 3.23. The van der Waals surface area contributed by atoms with Crippen LogP contribution in [0.3, 0.4) is 0 Å². The van der Waals surface area contributed by atoms with Gasteiger partial charge in [-0.2, -0.15) is 0 Å². The van der Waals surface area contributed by atoms with E-state index in [0.29, 0.717) is 0 Å². The molecule has 0 saturated carbocycles. The monoisotopic (exact) mass is 300 g/mol. The standard InChI is InChI=1S/C8H8.2Mo/c1-7-5-3-4-6-8(7)2;;/h3-6H2;;. The fraction of sp³-hybridized carbons (Fsp3) is 0.500. The van der Waals surface area contributed by atoms with Gasteiger partial charge in [0.2, 0.25) is 0 Å². The third kappa shape index (κ3) is 2.08. The molecule has 0 aromatic carbocycles. The summed E-state index contributed by atoms with van der Waals surface area (Å²) in [5.41, 5.74) is 2.81. The van der Waals surface area contributed by atoms with Crippen molar-refractivity contribution >= 4 is 0 Å². The van der Waals surface area contributed by atoms with Crippen LogP contribution in [0.5, 0.6) is 0 Å². The van der Waals surface area contributed by atoms with E-state index in [1.54, 1.807) is 0 Å². The van der Waals surface area contributed by atoms with E-state index in [1.807, 2.05) is 38.3 Å². The first-order valence-corrected chi connectivity index (χ1v) is 5.37. The predicted octanol–water partition coefficient (Wildman–Crippen LogP) is 1.87. The van der Waals surface area contributed by atoms with Crippen molar-refractivity contribution in [1.29, 1.82) is 0 Å². The van der Waals surface area contributed by atoms with E-state index >= 15 is 0 Å². The number of rotatable bonds is 0. The molecule has 0 N–H and O–H groups in total. The molecule has 0 saturated heterocycles. The normalized spacial score (nSPS) is 17.8. The Morgan fingerprint density at radius 3 is 1.60 bits per heavy atom. The van der Waals surface area contributed by atoms with E-state index in [0.717, 1.165) is 0 Å². The molecule has 0 aromatic heterocycles. The fourth-order valence-electron chi connectivity index (χ4n) is 1.13. The molecule has 0 aromatic rings. The van der Waals surface area contributed by atoms with Crippen molar-refractivity contribution in [3.8, 4) is 8.40 Å². The second-order valence-corrected chi connectivity index (χ2v) is 3.37. The summed E-state index contributed by atoms with van der Waals surface area (Å²) in [5.74, 6) is 0. The summed E-state index contributed by atoms with van der Waals surface area (Å²) in [4.78, 5) is 0. The average Bonchev–Trinajstić information content (AvgIpc) is 2.04. The van der Waals surface area contributed by atoms with Gasteiger partial charge in [0, 0.05) is 0 Å². The minimum absolute atomic E-state index is 1.22. The Morgan fingerprint density at radius 1 is 0.900 bits per heavy atom. The number of hydrogen-bond acceptors (Lipinski definition) is 0. The quantitative estimate of drug-likeness (QED) is 0.599. The Balaban J connectivity index is 2.88. The zero-order valence-corrected chi connectivity index (χ0v) is 9.66. The van der Waals surface area contributed by atoms with Gasteiger partial charge in [0.1, 0.15) is 0 Å². The van der Waals surface area contributed by atoms with E-state index in [2.05, 4.69) is 8.40 Å². The van der Waals surface area contributed by atoms with E-state index < -0.39 is 0 Å². The third-order valence-electron chi connectivity index (χ3n) is 1.71. The molecule has 0 fully saturated rings. The van der Waals surface area contributed by atoms with Crippen LogP contribution >= 0.6 is 0 Å². The average molecular weight is 296 g/mol. The molecule has 2 heteroatoms. The summed E-state index contributed by atoms with van der Waals surface area (Å²) in [5, 5.41) is 0. The molecule has 0 unspecified atom stereocenters. The van der Waals surface area contributed by atoms with E-state index in [1.165, 1.54) is 36.8 Å². The Bertz CT molecular complexity index is 211. The Hall–Kier alpha value is 0.677. The van der Waals surface area contributed by atoms with Crippen LogP contribution in [0.4, 0.5) is 0 Å². The molecule has 0 amide bonds. The van der Waals surface area contributed by atoms with Crippen LogP contribution < -0.4 is 0 Å². The van der Waals surface area contributed by atoms with Crippen LogP contribution in [-0.4, -0.2) is 0 Å². The van der Waals surface area contributed by atoms with Crippen LogP contribution in [0.1, 0.15) is 25.7 Å². The van der Waals surface area contributed by atoms with Crippen molar-refractivity contribution in [2.75, 3.05) is 0 Å². The van der Waals surface area contributed by atoms with Gasteiger partial charge in [-0.3, -0.25) is 0 Å². The zero-order valence-electron chi connectivity index (χ0n) is 5.64. The van der Waals surface area contributed by atoms with Gasteiger partial charge in [-0.15, -0.1) is 0 Å². The van der Waals surface area contributed by atoms with Crippen LogP contribution in [-0.2, 0) is 38.3 Å². The molecular formula is C8H8Mo2. The summed E-state index contributed by atoms with van der Waals surface area (Å²) >= 11 is 3.87. The molecule has 1 aliphatic carbocycles. The maximum absolute atomic E-state index is 3.23. The van der Waals surface area contributed by atoms with Gasteiger partial charge in [-0.25, -0.2) is 0 Å². The molecule has 1 aliphatic rings. The van der Waals surface area contributed by atoms with E-state index in [-0.39, 0.29) is 0 Å². The van der Waals surface area contributed by atoms with Crippen LogP contribution in [0.2, 0.25) is 0 Å². The van der Waals surface area contributed by atoms with Gasteiger partial charge in [-0.05, 0) is 0 Å². The molecule has 1 rings (SSSR count). The molecule has 0 atom stereocenters. The molecule has 0 spiro atoms. The minimum atomic E-state index is 1.22. The molecule has 0 nitrogen and oxygen atoms in total. The SMILES string of the molecule is [Mo]#[C]C1=C([C]#[Mo])CCCC1. The van der Waals surface area contributed by atoms with Gasteiger partial charge < -0.3 is 0 Å². The van der Waals surface area contributed by atoms with Crippen molar-refractivity contribution < 1.29 is 38.3 Å². The van der Waals surface area contributed by atoms with Gasteiger partial charge in [0.05, 0.1) is 0 Å². The summed E-state index contributed by atoms with van der Waals surface area (Å²) < 4.78 is 6.47. The third-order valence-corrected chi connectivity index (χ3v) is 2.93. The summed E-state index contributed by atoms with van der Waals surface area (Å²) in [7, 11) is 0. The van der Waals surface area contributed by atoms with Crippen molar-refractivity contribution in [2.45, 2.75) is 25.7 Å². The predicted molar refractivity (Wildman–Crippen MR) is 33.3 cm³/mol. The topological polar surface area (TPSA) is 0 Å². The molecule has 52 valence electrons. The van der Waals surface area contributed by atoms with Crippen molar-refractivity contribution in [1.82, 2.24) is 0 Å². The van der Waals surface area contributed by atoms with Crippen LogP contribution in [0.25, 0.3) is 0 Å². The second kappa shape index (κ2) is 4.53. The van der Waals surface area contributed by atoms with Gasteiger partial charge in [0.25, 0.3) is 0 Å². The molecular weight excluding hydrogens is 288 g/mol. The van der Waals surface area contributed by atoms with E-state index in [4.69, 9.17) is 0 Å². The first kappa shape index (κ1) is 8.77. The molecule has 0 heterocycles. The Kier molecular flexibility index (Phi) is 3.98. The summed E-state index contributed by atoms with van der Waals surface area (Å²) in [6.45, 7) is 0.